The van der Waals surface area contributed by atoms with E-state index < -0.39 is 0 Å². The fraction of sp³-hybridized carbons (Fsp3) is 0.143. The lowest BCUT2D eigenvalue weighted by molar-refractivity contribution is 0.476. The average Bonchev–Trinajstić information content (AvgIpc) is 2.35. The zero-order valence-corrected chi connectivity index (χ0v) is 11.6. The van der Waals surface area contributed by atoms with Gasteiger partial charge in [-0.15, -0.1) is 0 Å². The lowest BCUT2D eigenvalue weighted by Crippen LogP contribution is -1.92. The van der Waals surface area contributed by atoms with Gasteiger partial charge in [0.2, 0.25) is 0 Å². The van der Waals surface area contributed by atoms with Crippen molar-refractivity contribution in [2.24, 2.45) is 0 Å². The second-order valence-electron chi connectivity index (χ2n) is 4.39. The molecule has 0 saturated carbocycles. The van der Waals surface area contributed by atoms with E-state index in [1.165, 1.54) is 0 Å². The molecular weight excluding hydrogens is 292 g/mol. The number of hydrogen-bond donors (Lipinski definition) is 1. The predicted molar refractivity (Wildman–Crippen MR) is 75.9 cm³/mol. The number of nitrogens with zero attached hydrogens (tertiary/aromatic N) is 2. The van der Waals surface area contributed by atoms with Crippen molar-refractivity contribution in [3.8, 4) is 5.75 Å². The van der Waals surface area contributed by atoms with Gasteiger partial charge in [0.15, 0.2) is 0 Å². The summed E-state index contributed by atoms with van der Waals surface area (Å²) in [7, 11) is 0. The Morgan fingerprint density at radius 3 is 2.56 bits per heavy atom. The highest BCUT2D eigenvalue weighted by Crippen LogP contribution is 2.33. The monoisotopic (exact) mass is 302 g/mol. The van der Waals surface area contributed by atoms with Gasteiger partial charge in [0.25, 0.3) is 0 Å². The summed E-state index contributed by atoms with van der Waals surface area (Å²) < 4.78 is 0.852. The maximum Gasteiger partial charge on any atom is 0.146 e. The van der Waals surface area contributed by atoms with Crippen LogP contribution in [0.3, 0.4) is 0 Å². The van der Waals surface area contributed by atoms with Gasteiger partial charge in [0, 0.05) is 4.47 Å². The molecule has 4 heteroatoms. The van der Waals surface area contributed by atoms with Crippen molar-refractivity contribution in [1.82, 2.24) is 9.97 Å². The molecule has 0 unspecified atom stereocenters. The second-order valence-corrected chi connectivity index (χ2v) is 5.24. The van der Waals surface area contributed by atoms with Crippen molar-refractivity contribution in [2.75, 3.05) is 0 Å². The summed E-state index contributed by atoms with van der Waals surface area (Å²) >= 11 is 3.48. The van der Waals surface area contributed by atoms with Crippen LogP contribution in [0.4, 0.5) is 0 Å². The number of phenolic OH excluding ortho intramolecular Hbond substituents is 1. The maximum atomic E-state index is 10.1. The first kappa shape index (κ1) is 11.4. The number of halogens is 1. The Labute approximate surface area is 113 Å². The number of phenols is 1. The van der Waals surface area contributed by atoms with E-state index in [4.69, 9.17) is 0 Å². The highest BCUT2D eigenvalue weighted by atomic mass is 79.9. The van der Waals surface area contributed by atoms with Crippen LogP contribution in [-0.2, 0) is 0 Å². The SMILES string of the molecule is Cc1cc(Br)c2nc3c(C)cccc3nc2c1O. The Balaban J connectivity index is 2.57. The van der Waals surface area contributed by atoms with Crippen molar-refractivity contribution in [3.05, 3.63) is 39.9 Å². The van der Waals surface area contributed by atoms with Gasteiger partial charge in [0.05, 0.1) is 11.0 Å². The minimum absolute atomic E-state index is 0.198. The van der Waals surface area contributed by atoms with Crippen molar-refractivity contribution in [2.45, 2.75) is 13.8 Å². The van der Waals surface area contributed by atoms with Gasteiger partial charge in [-0.2, -0.15) is 0 Å². The molecular formula is C14H11BrN2O. The summed E-state index contributed by atoms with van der Waals surface area (Å²) in [6, 6.07) is 7.71. The summed E-state index contributed by atoms with van der Waals surface area (Å²) in [5.41, 5.74) is 4.77. The fourth-order valence-electron chi connectivity index (χ4n) is 2.06. The minimum Gasteiger partial charge on any atom is -0.505 e. The zero-order chi connectivity index (χ0) is 12.9. The van der Waals surface area contributed by atoms with Crippen molar-refractivity contribution in [1.29, 1.82) is 0 Å². The smallest absolute Gasteiger partial charge is 0.146 e. The van der Waals surface area contributed by atoms with Gasteiger partial charge >= 0.3 is 0 Å². The van der Waals surface area contributed by atoms with Crippen molar-refractivity contribution in [3.63, 3.8) is 0 Å². The van der Waals surface area contributed by atoms with E-state index in [0.29, 0.717) is 11.0 Å². The van der Waals surface area contributed by atoms with Crippen molar-refractivity contribution < 1.29 is 5.11 Å². The third-order valence-electron chi connectivity index (χ3n) is 3.06. The molecule has 1 heterocycles. The van der Waals surface area contributed by atoms with Crippen molar-refractivity contribution >= 4 is 38.0 Å². The molecule has 2 aromatic carbocycles. The van der Waals surface area contributed by atoms with E-state index >= 15 is 0 Å². The molecule has 90 valence electrons. The number of fused-ring (bicyclic) bond motifs is 2. The van der Waals surface area contributed by atoms with Gasteiger partial charge < -0.3 is 5.11 Å². The van der Waals surface area contributed by atoms with Crippen LogP contribution in [0.5, 0.6) is 5.75 Å². The lowest BCUT2D eigenvalue weighted by atomic mass is 10.1. The van der Waals surface area contributed by atoms with Gasteiger partial charge in [-0.25, -0.2) is 9.97 Å². The van der Waals surface area contributed by atoms with Gasteiger partial charge in [-0.05, 0) is 53.0 Å². The van der Waals surface area contributed by atoms with Crippen LogP contribution >= 0.6 is 15.9 Å². The van der Waals surface area contributed by atoms with Gasteiger partial charge in [-0.1, -0.05) is 12.1 Å². The molecule has 0 saturated heterocycles. The molecule has 0 bridgehead atoms. The van der Waals surface area contributed by atoms with Gasteiger partial charge in [0.1, 0.15) is 16.8 Å². The first-order valence-electron chi connectivity index (χ1n) is 5.63. The third-order valence-corrected chi connectivity index (χ3v) is 3.67. The number of hydrogen-bond acceptors (Lipinski definition) is 3. The van der Waals surface area contributed by atoms with Crippen LogP contribution in [0.2, 0.25) is 0 Å². The summed E-state index contributed by atoms with van der Waals surface area (Å²) in [6.45, 7) is 3.85. The topological polar surface area (TPSA) is 46.0 Å². The molecule has 0 atom stereocenters. The molecule has 0 aliphatic rings. The molecule has 1 N–H and O–H groups in total. The fourth-order valence-corrected chi connectivity index (χ4v) is 2.68. The number of para-hydroxylation sites is 1. The Morgan fingerprint density at radius 2 is 1.78 bits per heavy atom. The standard InChI is InChI=1S/C14H11BrN2O/c1-7-4-3-5-10-11(7)17-12-9(15)6-8(2)14(18)13(12)16-10/h3-6,18H,1-2H3. The van der Waals surface area contributed by atoms with E-state index in [9.17, 15) is 5.11 Å². The Bertz CT molecular complexity index is 784. The number of rotatable bonds is 0. The molecule has 18 heavy (non-hydrogen) atoms. The number of aryl methyl sites for hydroxylation is 2. The maximum absolute atomic E-state index is 10.1. The van der Waals surface area contributed by atoms with Crippen LogP contribution < -0.4 is 0 Å². The number of benzene rings is 2. The highest BCUT2D eigenvalue weighted by Gasteiger charge is 2.12. The van der Waals surface area contributed by atoms with Gasteiger partial charge in [-0.3, -0.25) is 0 Å². The molecule has 0 spiro atoms. The van der Waals surface area contributed by atoms with Crippen LogP contribution in [0, 0.1) is 13.8 Å². The minimum atomic E-state index is 0.198. The molecule has 3 rings (SSSR count). The lowest BCUT2D eigenvalue weighted by Gasteiger charge is -2.08. The molecule has 0 aliphatic heterocycles. The van der Waals surface area contributed by atoms with E-state index in [0.717, 1.165) is 26.6 Å². The number of aromatic hydroxyl groups is 1. The molecule has 1 aromatic heterocycles. The zero-order valence-electron chi connectivity index (χ0n) is 10.0. The quantitative estimate of drug-likeness (QED) is 0.641. The van der Waals surface area contributed by atoms with E-state index in [-0.39, 0.29) is 5.75 Å². The van der Waals surface area contributed by atoms with Crippen LogP contribution in [0.15, 0.2) is 28.7 Å². The van der Waals surface area contributed by atoms with E-state index in [1.54, 1.807) is 0 Å². The highest BCUT2D eigenvalue weighted by molar-refractivity contribution is 9.10. The molecule has 0 aliphatic carbocycles. The normalized spacial score (nSPS) is 11.3. The second kappa shape index (κ2) is 3.92. The summed E-state index contributed by atoms with van der Waals surface area (Å²) in [6.07, 6.45) is 0. The summed E-state index contributed by atoms with van der Waals surface area (Å²) in [4.78, 5) is 9.13. The van der Waals surface area contributed by atoms with E-state index in [2.05, 4.69) is 25.9 Å². The Hall–Kier alpha value is -1.68. The largest absolute Gasteiger partial charge is 0.505 e. The van der Waals surface area contributed by atoms with Crippen LogP contribution in [0.1, 0.15) is 11.1 Å². The third kappa shape index (κ3) is 1.56. The molecule has 0 fully saturated rings. The van der Waals surface area contributed by atoms with Crippen LogP contribution in [0.25, 0.3) is 22.1 Å². The Morgan fingerprint density at radius 1 is 1.00 bits per heavy atom. The first-order chi connectivity index (χ1) is 8.58. The molecule has 0 amide bonds. The number of aromatic nitrogens is 2. The predicted octanol–water partition coefficient (Wildman–Crippen LogP) is 3.87. The van der Waals surface area contributed by atoms with E-state index in [1.807, 2.05) is 38.1 Å². The molecule has 3 aromatic rings. The summed E-state index contributed by atoms with van der Waals surface area (Å²) in [5.74, 6) is 0.198. The molecule has 0 radical (unpaired) electrons. The molecule has 3 nitrogen and oxygen atoms in total. The first-order valence-corrected chi connectivity index (χ1v) is 6.42. The Kier molecular flexibility index (Phi) is 2.48. The van der Waals surface area contributed by atoms with Crippen LogP contribution in [-0.4, -0.2) is 15.1 Å². The summed E-state index contributed by atoms with van der Waals surface area (Å²) in [5, 5.41) is 10.1. The average molecular weight is 303 g/mol.